The molecule has 3 rings (SSSR count). The third kappa shape index (κ3) is 4.63. The number of carbonyl (C=O) groups excluding carboxylic acids is 1. The lowest BCUT2D eigenvalue weighted by Gasteiger charge is -2.30. The van der Waals surface area contributed by atoms with Gasteiger partial charge in [-0.05, 0) is 62.9 Å². The van der Waals surface area contributed by atoms with Crippen molar-refractivity contribution in [3.63, 3.8) is 0 Å². The molecule has 0 bridgehead atoms. The van der Waals surface area contributed by atoms with Gasteiger partial charge >= 0.3 is 6.03 Å². The van der Waals surface area contributed by atoms with E-state index in [0.717, 1.165) is 31.5 Å². The molecule has 2 amide bonds. The summed E-state index contributed by atoms with van der Waals surface area (Å²) in [5.74, 6) is 0.278. The first-order chi connectivity index (χ1) is 11.7. The van der Waals surface area contributed by atoms with E-state index in [4.69, 9.17) is 0 Å². The lowest BCUT2D eigenvalue weighted by molar-refractivity contribution is 0.166. The molecule has 2 heterocycles. The van der Waals surface area contributed by atoms with Gasteiger partial charge in [-0.1, -0.05) is 18.6 Å². The molecule has 1 unspecified atom stereocenters. The van der Waals surface area contributed by atoms with Crippen LogP contribution in [-0.2, 0) is 6.42 Å². The first kappa shape index (κ1) is 17.1. The van der Waals surface area contributed by atoms with E-state index in [2.05, 4.69) is 10.2 Å². The highest BCUT2D eigenvalue weighted by molar-refractivity contribution is 5.74. The summed E-state index contributed by atoms with van der Waals surface area (Å²) in [4.78, 5) is 17.1. The average Bonchev–Trinajstić information content (AvgIpc) is 3.01. The Balaban J connectivity index is 1.46. The van der Waals surface area contributed by atoms with Crippen molar-refractivity contribution < 1.29 is 9.90 Å². The molecule has 2 aliphatic rings. The fraction of sp³-hybridized carbons (Fsp3) is 0.632. The number of phenols is 1. The van der Waals surface area contributed by atoms with Gasteiger partial charge in [-0.25, -0.2) is 4.79 Å². The minimum Gasteiger partial charge on any atom is -0.508 e. The molecule has 1 aromatic carbocycles. The van der Waals surface area contributed by atoms with Gasteiger partial charge in [-0.3, -0.25) is 4.90 Å². The summed E-state index contributed by atoms with van der Waals surface area (Å²) in [7, 11) is 0. The molecule has 5 heteroatoms. The number of carbonyl (C=O) groups is 1. The summed E-state index contributed by atoms with van der Waals surface area (Å²) in [6.45, 7) is 4.76. The molecule has 1 atom stereocenters. The van der Waals surface area contributed by atoms with Crippen LogP contribution in [0, 0.1) is 0 Å². The van der Waals surface area contributed by atoms with E-state index >= 15 is 0 Å². The van der Waals surface area contributed by atoms with E-state index < -0.39 is 0 Å². The quantitative estimate of drug-likeness (QED) is 0.892. The fourth-order valence-corrected chi connectivity index (χ4v) is 3.80. The highest BCUT2D eigenvalue weighted by Gasteiger charge is 2.27. The maximum atomic E-state index is 12.5. The second-order valence-corrected chi connectivity index (χ2v) is 6.99. The van der Waals surface area contributed by atoms with E-state index in [1.54, 1.807) is 12.1 Å². The minimum absolute atomic E-state index is 0.0693. The number of aromatic hydroxyl groups is 1. The Kier molecular flexibility index (Phi) is 5.96. The minimum atomic E-state index is 0.0693. The average molecular weight is 331 g/mol. The van der Waals surface area contributed by atoms with E-state index in [1.807, 2.05) is 17.0 Å². The first-order valence-corrected chi connectivity index (χ1v) is 9.27. The largest absolute Gasteiger partial charge is 0.508 e. The number of hydrogen-bond acceptors (Lipinski definition) is 3. The second kappa shape index (κ2) is 8.38. The molecule has 0 radical (unpaired) electrons. The number of nitrogens with zero attached hydrogens (tertiary/aromatic N) is 2. The molecule has 5 nitrogen and oxygen atoms in total. The number of urea groups is 1. The molecule has 2 aliphatic heterocycles. The lowest BCUT2D eigenvalue weighted by Crippen LogP contribution is -2.47. The third-order valence-corrected chi connectivity index (χ3v) is 5.22. The van der Waals surface area contributed by atoms with Crippen molar-refractivity contribution in [1.82, 2.24) is 15.1 Å². The van der Waals surface area contributed by atoms with Gasteiger partial charge in [0.25, 0.3) is 0 Å². The summed E-state index contributed by atoms with van der Waals surface area (Å²) in [5.41, 5.74) is 1.12. The Hall–Kier alpha value is -1.75. The zero-order valence-electron chi connectivity index (χ0n) is 14.4. The van der Waals surface area contributed by atoms with Gasteiger partial charge in [0.1, 0.15) is 5.75 Å². The van der Waals surface area contributed by atoms with E-state index in [1.165, 1.54) is 38.8 Å². The summed E-state index contributed by atoms with van der Waals surface area (Å²) in [6, 6.07) is 7.78. The highest BCUT2D eigenvalue weighted by atomic mass is 16.3. The van der Waals surface area contributed by atoms with Crippen molar-refractivity contribution in [1.29, 1.82) is 0 Å². The second-order valence-electron chi connectivity index (χ2n) is 6.99. The lowest BCUT2D eigenvalue weighted by atomic mass is 10.1. The topological polar surface area (TPSA) is 55.8 Å². The van der Waals surface area contributed by atoms with Gasteiger partial charge in [0, 0.05) is 25.7 Å². The molecule has 2 saturated heterocycles. The SMILES string of the molecule is O=C(NCCc1ccc(O)cc1)N1CCCCC(N2CCCC2)C1. The monoisotopic (exact) mass is 331 g/mol. The third-order valence-electron chi connectivity index (χ3n) is 5.22. The van der Waals surface area contributed by atoms with Crippen molar-refractivity contribution in [2.45, 2.75) is 44.6 Å². The van der Waals surface area contributed by atoms with Crippen molar-refractivity contribution >= 4 is 6.03 Å². The number of likely N-dealkylation sites (tertiary alicyclic amines) is 2. The van der Waals surface area contributed by atoms with Crippen LogP contribution in [0.1, 0.15) is 37.7 Å². The molecule has 2 N–H and O–H groups in total. The zero-order valence-corrected chi connectivity index (χ0v) is 14.4. The molecule has 0 aromatic heterocycles. The van der Waals surface area contributed by atoms with E-state index in [-0.39, 0.29) is 11.8 Å². The van der Waals surface area contributed by atoms with Gasteiger partial charge in [0.2, 0.25) is 0 Å². The zero-order chi connectivity index (χ0) is 16.8. The summed E-state index contributed by atoms with van der Waals surface area (Å²) in [5, 5.41) is 12.4. The Labute approximate surface area is 144 Å². The normalized spacial score (nSPS) is 22.3. The van der Waals surface area contributed by atoms with Crippen LogP contribution in [0.5, 0.6) is 5.75 Å². The van der Waals surface area contributed by atoms with Gasteiger partial charge in [0.05, 0.1) is 0 Å². The summed E-state index contributed by atoms with van der Waals surface area (Å²) in [6.07, 6.45) is 6.94. The van der Waals surface area contributed by atoms with Crippen LogP contribution < -0.4 is 5.32 Å². The molecule has 0 saturated carbocycles. The van der Waals surface area contributed by atoms with E-state index in [9.17, 15) is 9.90 Å². The molecule has 0 aliphatic carbocycles. The van der Waals surface area contributed by atoms with Crippen molar-refractivity contribution in [3.05, 3.63) is 29.8 Å². The number of rotatable bonds is 4. The molecule has 0 spiro atoms. The van der Waals surface area contributed by atoms with Gasteiger partial charge < -0.3 is 15.3 Å². The number of benzene rings is 1. The van der Waals surface area contributed by atoms with E-state index in [0.29, 0.717) is 12.6 Å². The standard InChI is InChI=1S/C19H29N3O2/c23-18-8-6-16(7-9-18)10-11-20-19(24)22-14-2-1-5-17(15-22)21-12-3-4-13-21/h6-9,17,23H,1-5,10-15H2,(H,20,24). The number of hydrogen-bond donors (Lipinski definition) is 2. The van der Waals surface area contributed by atoms with Crippen molar-refractivity contribution in [3.8, 4) is 5.75 Å². The van der Waals surface area contributed by atoms with Crippen LogP contribution in [0.25, 0.3) is 0 Å². The Morgan fingerprint density at radius 1 is 1.08 bits per heavy atom. The Morgan fingerprint density at radius 3 is 2.54 bits per heavy atom. The summed E-state index contributed by atoms with van der Waals surface area (Å²) < 4.78 is 0. The van der Waals surface area contributed by atoms with Gasteiger partial charge in [-0.15, -0.1) is 0 Å². The smallest absolute Gasteiger partial charge is 0.317 e. The van der Waals surface area contributed by atoms with Gasteiger partial charge in [-0.2, -0.15) is 0 Å². The highest BCUT2D eigenvalue weighted by Crippen LogP contribution is 2.20. The Morgan fingerprint density at radius 2 is 1.79 bits per heavy atom. The number of amides is 2. The van der Waals surface area contributed by atoms with Crippen molar-refractivity contribution in [2.75, 3.05) is 32.7 Å². The van der Waals surface area contributed by atoms with Gasteiger partial charge in [0.15, 0.2) is 0 Å². The predicted molar refractivity (Wildman–Crippen MR) is 95.2 cm³/mol. The number of nitrogens with one attached hydrogen (secondary N) is 1. The van der Waals surface area contributed by atoms with Crippen LogP contribution in [0.4, 0.5) is 4.79 Å². The predicted octanol–water partition coefficient (Wildman–Crippen LogP) is 2.59. The van der Waals surface area contributed by atoms with Crippen LogP contribution in [0.2, 0.25) is 0 Å². The van der Waals surface area contributed by atoms with Crippen LogP contribution in [-0.4, -0.2) is 59.7 Å². The molecule has 132 valence electrons. The molecular weight excluding hydrogens is 302 g/mol. The van der Waals surface area contributed by atoms with Crippen molar-refractivity contribution in [2.24, 2.45) is 0 Å². The maximum absolute atomic E-state index is 12.5. The van der Waals surface area contributed by atoms with Crippen LogP contribution >= 0.6 is 0 Å². The number of phenolic OH excluding ortho intramolecular Hbond substituents is 1. The molecule has 2 fully saturated rings. The maximum Gasteiger partial charge on any atom is 0.317 e. The Bertz CT molecular complexity index is 526. The van der Waals surface area contributed by atoms with Crippen LogP contribution in [0.15, 0.2) is 24.3 Å². The summed E-state index contributed by atoms with van der Waals surface area (Å²) >= 11 is 0. The molecule has 24 heavy (non-hydrogen) atoms. The fourth-order valence-electron chi connectivity index (χ4n) is 3.80. The molecular formula is C19H29N3O2. The van der Waals surface area contributed by atoms with Crippen LogP contribution in [0.3, 0.4) is 0 Å². The first-order valence-electron chi connectivity index (χ1n) is 9.27. The molecule has 1 aromatic rings.